The molecule has 0 amide bonds. The number of hydrogen-bond acceptors (Lipinski definition) is 10. The monoisotopic (exact) mass is 884 g/mol. The van der Waals surface area contributed by atoms with E-state index in [4.69, 9.17) is 28.4 Å². The molecule has 4 rings (SSSR count). The Balaban J connectivity index is 0.00000468. The van der Waals surface area contributed by atoms with Gasteiger partial charge in [-0.15, -0.1) is 0 Å². The Kier molecular flexibility index (Phi) is 20.3. The molecule has 0 N–H and O–H groups in total. The van der Waals surface area contributed by atoms with E-state index in [1.165, 1.54) is 9.75 Å². The first-order valence-electron chi connectivity index (χ1n) is 16.9. The number of nitrogens with zero attached hydrogens (tertiary/aromatic N) is 2. The van der Waals surface area contributed by atoms with Crippen LogP contribution < -0.4 is 62.0 Å². The number of benzene rings is 2. The van der Waals surface area contributed by atoms with Crippen LogP contribution in [0.5, 0.6) is 23.0 Å². The number of rotatable bonds is 21. The lowest BCUT2D eigenvalue weighted by atomic mass is 10.1. The molecule has 0 radical (unpaired) electrons. The van der Waals surface area contributed by atoms with Crippen molar-refractivity contribution in [2.24, 2.45) is 0 Å². The van der Waals surface area contributed by atoms with Gasteiger partial charge in [0.05, 0.1) is 51.4 Å². The van der Waals surface area contributed by atoms with E-state index < -0.39 is 0 Å². The quantitative estimate of drug-likeness (QED) is 0.0674. The largest absolute Gasteiger partial charge is 1.00 e. The van der Waals surface area contributed by atoms with Crippen LogP contribution in [0.25, 0.3) is 0 Å². The molecule has 0 saturated carbocycles. The molecule has 2 heterocycles. The topological polar surface area (TPSA) is 97.3 Å². The summed E-state index contributed by atoms with van der Waals surface area (Å²) in [5, 5.41) is 0. The lowest BCUT2D eigenvalue weighted by molar-refractivity contribution is -0.689. The van der Waals surface area contributed by atoms with E-state index in [0.717, 1.165) is 61.3 Å². The molecule has 0 fully saturated rings. The molecule has 0 atom stereocenters. The highest BCUT2D eigenvalue weighted by Gasteiger charge is 2.19. The second-order valence-electron chi connectivity index (χ2n) is 12.0. The molecule has 0 saturated heterocycles. The molecule has 0 unspecified atom stereocenters. The fourth-order valence-electron chi connectivity index (χ4n) is 5.60. The van der Waals surface area contributed by atoms with E-state index >= 15 is 0 Å². The van der Waals surface area contributed by atoms with Crippen LogP contribution in [0.15, 0.2) is 47.4 Å². The summed E-state index contributed by atoms with van der Waals surface area (Å²) in [6.07, 6.45) is 5.40. The van der Waals surface area contributed by atoms with Crippen molar-refractivity contribution >= 4 is 34.6 Å². The van der Waals surface area contributed by atoms with E-state index in [9.17, 15) is 9.59 Å². The van der Waals surface area contributed by atoms with Crippen LogP contribution in [0.4, 0.5) is 0 Å². The number of unbranched alkanes of at least 4 members (excludes halogenated alkanes) is 3. The third-order valence-electron chi connectivity index (χ3n) is 8.61. The average molecular weight is 887 g/mol. The van der Waals surface area contributed by atoms with Gasteiger partial charge in [-0.25, -0.2) is 0 Å². The number of carbonyl (C=O) groups excluding carboxylic acids is 2. The van der Waals surface area contributed by atoms with Crippen molar-refractivity contribution in [3.05, 3.63) is 79.7 Å². The zero-order chi connectivity index (χ0) is 35.9. The number of halogens is 2. The molecule has 0 aliphatic carbocycles. The van der Waals surface area contributed by atoms with Crippen LogP contribution in [0.1, 0.15) is 70.8 Å². The molecule has 0 spiro atoms. The summed E-state index contributed by atoms with van der Waals surface area (Å²) in [6.45, 7) is 6.36. The Morgan fingerprint density at radius 2 is 0.962 bits per heavy atom. The van der Waals surface area contributed by atoms with Gasteiger partial charge in [0.15, 0.2) is 47.5 Å². The summed E-state index contributed by atoms with van der Waals surface area (Å²) in [5.74, 6) is 2.49. The fraction of sp³-hybridized carbons (Fsp3) is 0.474. The maximum Gasteiger partial charge on any atom is 0.305 e. The van der Waals surface area contributed by atoms with Crippen molar-refractivity contribution in [2.75, 3.05) is 41.7 Å². The molecule has 4 aromatic rings. The van der Waals surface area contributed by atoms with Crippen molar-refractivity contribution in [1.82, 2.24) is 0 Å². The number of aromatic nitrogens is 2. The minimum absolute atomic E-state index is 0. The van der Waals surface area contributed by atoms with E-state index in [-0.39, 0.29) is 45.9 Å². The van der Waals surface area contributed by atoms with Gasteiger partial charge in [0.1, 0.15) is 0 Å². The molecule has 2 aromatic carbocycles. The van der Waals surface area contributed by atoms with Gasteiger partial charge in [0, 0.05) is 50.7 Å². The first-order chi connectivity index (χ1) is 24.3. The number of thiazole rings is 2. The number of ether oxygens (including phenoxy) is 6. The number of methoxy groups -OCH3 is 4. The smallest absolute Gasteiger partial charge is 0.305 e. The second-order valence-corrected chi connectivity index (χ2v) is 13.8. The van der Waals surface area contributed by atoms with Gasteiger partial charge in [-0.2, -0.15) is 9.13 Å². The molecule has 52 heavy (non-hydrogen) atoms. The molecule has 0 bridgehead atoms. The first-order valence-corrected chi connectivity index (χ1v) is 18.7. The SMILES string of the molecule is COc1ccc(C[n+]2csc(CCOC(=O)CCCCCCC(=O)OCCc3sc[n+](Cc4ccc(OC)c(OC)c4)c3C)c2C)cc1OC.[Br-].[Br-]. The van der Waals surface area contributed by atoms with Crippen LogP contribution in [0, 0.1) is 13.8 Å². The average Bonchev–Trinajstić information content (AvgIpc) is 3.65. The van der Waals surface area contributed by atoms with Crippen molar-refractivity contribution in [1.29, 1.82) is 0 Å². The van der Waals surface area contributed by atoms with Crippen LogP contribution in [-0.4, -0.2) is 53.6 Å². The Labute approximate surface area is 336 Å². The van der Waals surface area contributed by atoms with Crippen LogP contribution in [0.2, 0.25) is 0 Å². The van der Waals surface area contributed by atoms with Crippen molar-refractivity contribution < 1.29 is 81.1 Å². The predicted octanol–water partition coefficient (Wildman–Crippen LogP) is 0.353. The Morgan fingerprint density at radius 1 is 0.577 bits per heavy atom. The Bertz CT molecular complexity index is 1590. The molecule has 0 aliphatic rings. The molecule has 2 aromatic heterocycles. The zero-order valence-electron chi connectivity index (χ0n) is 30.8. The lowest BCUT2D eigenvalue weighted by Gasteiger charge is -2.08. The van der Waals surface area contributed by atoms with Crippen LogP contribution in [-0.2, 0) is 45.0 Å². The summed E-state index contributed by atoms with van der Waals surface area (Å²) < 4.78 is 36.9. The van der Waals surface area contributed by atoms with Crippen molar-refractivity contribution in [3.63, 3.8) is 0 Å². The third kappa shape index (κ3) is 13.3. The number of carbonyl (C=O) groups is 2. The molecule has 14 heteroatoms. The predicted molar refractivity (Wildman–Crippen MR) is 193 cm³/mol. The van der Waals surface area contributed by atoms with Gasteiger partial charge < -0.3 is 62.4 Å². The van der Waals surface area contributed by atoms with Crippen LogP contribution in [0.3, 0.4) is 0 Å². The fourth-order valence-corrected chi connectivity index (χ4v) is 7.55. The van der Waals surface area contributed by atoms with Gasteiger partial charge in [-0.05, 0) is 49.2 Å². The highest BCUT2D eigenvalue weighted by Crippen LogP contribution is 2.29. The van der Waals surface area contributed by atoms with E-state index in [2.05, 4.69) is 34.0 Å². The summed E-state index contributed by atoms with van der Waals surface area (Å²) in [4.78, 5) is 27.0. The Hall–Kier alpha value is -3.20. The maximum atomic E-state index is 12.3. The minimum Gasteiger partial charge on any atom is -1.00 e. The number of esters is 2. The summed E-state index contributed by atoms with van der Waals surface area (Å²) in [6, 6.07) is 11.9. The van der Waals surface area contributed by atoms with Crippen molar-refractivity contribution in [2.45, 2.75) is 78.3 Å². The van der Waals surface area contributed by atoms with E-state index in [1.807, 2.05) is 36.4 Å². The molecule has 10 nitrogen and oxygen atoms in total. The molecular formula is C38H50Br2N2O8S2. The van der Waals surface area contributed by atoms with Gasteiger partial charge >= 0.3 is 11.9 Å². The molecule has 286 valence electrons. The van der Waals surface area contributed by atoms with Gasteiger partial charge in [-0.1, -0.05) is 35.5 Å². The van der Waals surface area contributed by atoms with Crippen molar-refractivity contribution in [3.8, 4) is 23.0 Å². The minimum atomic E-state index is -0.175. The highest BCUT2D eigenvalue weighted by molar-refractivity contribution is 7.09. The zero-order valence-corrected chi connectivity index (χ0v) is 35.6. The van der Waals surface area contributed by atoms with Gasteiger partial charge in [0.2, 0.25) is 11.0 Å². The lowest BCUT2D eigenvalue weighted by Crippen LogP contribution is -3.00. The third-order valence-corrected chi connectivity index (χ3v) is 10.9. The summed E-state index contributed by atoms with van der Waals surface area (Å²) in [5.41, 5.74) is 8.76. The number of hydrogen-bond donors (Lipinski definition) is 0. The molecule has 0 aliphatic heterocycles. The van der Waals surface area contributed by atoms with E-state index in [0.29, 0.717) is 61.9 Å². The maximum absolute atomic E-state index is 12.3. The van der Waals surface area contributed by atoms with Gasteiger partial charge in [0.25, 0.3) is 0 Å². The molecular weight excluding hydrogens is 836 g/mol. The van der Waals surface area contributed by atoms with E-state index in [1.54, 1.807) is 51.1 Å². The summed E-state index contributed by atoms with van der Waals surface area (Å²) >= 11 is 3.34. The Morgan fingerprint density at radius 3 is 1.33 bits per heavy atom. The summed E-state index contributed by atoms with van der Waals surface area (Å²) in [7, 11) is 6.53. The normalized spacial score (nSPS) is 10.5. The second kappa shape index (κ2) is 23.5. The first kappa shape index (κ1) is 45.0. The van der Waals surface area contributed by atoms with Gasteiger partial charge in [-0.3, -0.25) is 9.59 Å². The van der Waals surface area contributed by atoms with Crippen LogP contribution >= 0.6 is 22.7 Å². The standard InChI is InChI=1S/C38H50N2O8S2.2BrH/c1-27-35(49-25-39(27)23-29-13-15-31(43-3)33(21-29)45-5)17-19-47-37(41)11-9-7-8-10-12-38(42)48-20-18-36-28(2)40(26-50-36)24-30-14-16-32(44-4)34(22-30)46-6;;/h13-16,21-22,25-26H,7-12,17-20,23-24H2,1-6H3;2*1H/q+2;;/p-2. The highest BCUT2D eigenvalue weighted by atomic mass is 79.9.